The van der Waals surface area contributed by atoms with Crippen molar-refractivity contribution in [1.29, 1.82) is 0 Å². The van der Waals surface area contributed by atoms with Gasteiger partial charge in [-0.2, -0.15) is 0 Å². The molecular formula is C20H27N. The van der Waals surface area contributed by atoms with Gasteiger partial charge in [0, 0.05) is 12.4 Å². The predicted molar refractivity (Wildman–Crippen MR) is 90.6 cm³/mol. The van der Waals surface area contributed by atoms with Gasteiger partial charge in [-0.15, -0.1) is 0 Å². The van der Waals surface area contributed by atoms with E-state index in [-0.39, 0.29) is 0 Å². The summed E-state index contributed by atoms with van der Waals surface area (Å²) in [5, 5.41) is 0. The van der Waals surface area contributed by atoms with Crippen LogP contribution in [0.4, 0.5) is 0 Å². The molecule has 0 saturated carbocycles. The van der Waals surface area contributed by atoms with Gasteiger partial charge in [-0.3, -0.25) is 4.98 Å². The molecule has 0 saturated heterocycles. The Labute approximate surface area is 129 Å². The van der Waals surface area contributed by atoms with E-state index in [1.807, 2.05) is 12.4 Å². The Morgan fingerprint density at radius 3 is 2.52 bits per heavy atom. The van der Waals surface area contributed by atoms with Crippen molar-refractivity contribution >= 4 is 0 Å². The predicted octanol–water partition coefficient (Wildman–Crippen LogP) is 5.41. The van der Waals surface area contributed by atoms with Gasteiger partial charge < -0.3 is 0 Å². The topological polar surface area (TPSA) is 12.9 Å². The Kier molecular flexibility index (Phi) is 5.98. The first-order chi connectivity index (χ1) is 10.2. The second kappa shape index (κ2) is 7.97. The molecule has 1 nitrogen and oxygen atoms in total. The van der Waals surface area contributed by atoms with Crippen LogP contribution in [0.15, 0.2) is 48.8 Å². The van der Waals surface area contributed by atoms with Crippen LogP contribution in [0, 0.1) is 5.92 Å². The van der Waals surface area contributed by atoms with E-state index < -0.39 is 0 Å². The Bertz CT molecular complexity index is 533. The summed E-state index contributed by atoms with van der Waals surface area (Å²) in [6.45, 7) is 6.95. The lowest BCUT2D eigenvalue weighted by Gasteiger charge is -2.19. The Balaban J connectivity index is 1.88. The SMILES string of the molecule is CCc1cnccc1C(C)CC(C)CCc1ccccc1. The van der Waals surface area contributed by atoms with E-state index in [0.29, 0.717) is 5.92 Å². The summed E-state index contributed by atoms with van der Waals surface area (Å²) in [6.07, 6.45) is 8.74. The molecule has 1 heteroatoms. The molecule has 2 rings (SSSR count). The highest BCUT2D eigenvalue weighted by Crippen LogP contribution is 2.28. The Morgan fingerprint density at radius 2 is 1.81 bits per heavy atom. The normalized spacial score (nSPS) is 13.9. The molecule has 0 radical (unpaired) electrons. The number of aromatic nitrogens is 1. The number of hydrogen-bond acceptors (Lipinski definition) is 1. The average Bonchev–Trinajstić information content (AvgIpc) is 2.53. The Hall–Kier alpha value is -1.63. The maximum Gasteiger partial charge on any atom is 0.0302 e. The molecule has 0 aliphatic carbocycles. The van der Waals surface area contributed by atoms with Crippen molar-refractivity contribution in [3.05, 3.63) is 65.5 Å². The molecule has 0 spiro atoms. The minimum absolute atomic E-state index is 0.619. The molecule has 1 heterocycles. The quantitative estimate of drug-likeness (QED) is 0.661. The fraction of sp³-hybridized carbons (Fsp3) is 0.450. The van der Waals surface area contributed by atoms with Crippen LogP contribution in [0.1, 0.15) is 56.2 Å². The first-order valence-corrected chi connectivity index (χ1v) is 8.17. The Morgan fingerprint density at radius 1 is 1.05 bits per heavy atom. The summed E-state index contributed by atoms with van der Waals surface area (Å²) in [5.74, 6) is 1.37. The molecule has 21 heavy (non-hydrogen) atoms. The summed E-state index contributed by atoms with van der Waals surface area (Å²) >= 11 is 0. The number of rotatable bonds is 7. The van der Waals surface area contributed by atoms with Crippen LogP contribution >= 0.6 is 0 Å². The molecular weight excluding hydrogens is 254 g/mol. The highest BCUT2D eigenvalue weighted by atomic mass is 14.6. The third-order valence-corrected chi connectivity index (χ3v) is 4.38. The van der Waals surface area contributed by atoms with Crippen LogP contribution in [0.25, 0.3) is 0 Å². The van der Waals surface area contributed by atoms with E-state index in [1.165, 1.54) is 36.0 Å². The van der Waals surface area contributed by atoms with Gasteiger partial charge in [0.2, 0.25) is 0 Å². The lowest BCUT2D eigenvalue weighted by Crippen LogP contribution is -2.06. The van der Waals surface area contributed by atoms with Crippen LogP contribution in [0.3, 0.4) is 0 Å². The van der Waals surface area contributed by atoms with Crippen LogP contribution in [0.2, 0.25) is 0 Å². The van der Waals surface area contributed by atoms with E-state index >= 15 is 0 Å². The molecule has 2 atom stereocenters. The third kappa shape index (κ3) is 4.70. The molecule has 2 unspecified atom stereocenters. The van der Waals surface area contributed by atoms with Crippen molar-refractivity contribution in [2.24, 2.45) is 5.92 Å². The van der Waals surface area contributed by atoms with E-state index in [0.717, 1.165) is 12.3 Å². The fourth-order valence-electron chi connectivity index (χ4n) is 3.12. The molecule has 0 aliphatic rings. The van der Waals surface area contributed by atoms with E-state index in [2.05, 4.69) is 62.2 Å². The van der Waals surface area contributed by atoms with Crippen LogP contribution < -0.4 is 0 Å². The second-order valence-electron chi connectivity index (χ2n) is 6.19. The molecule has 0 fully saturated rings. The highest BCUT2D eigenvalue weighted by Gasteiger charge is 2.13. The van der Waals surface area contributed by atoms with Crippen LogP contribution in [0.5, 0.6) is 0 Å². The number of hydrogen-bond donors (Lipinski definition) is 0. The molecule has 0 bridgehead atoms. The second-order valence-corrected chi connectivity index (χ2v) is 6.19. The molecule has 1 aromatic carbocycles. The van der Waals surface area contributed by atoms with E-state index in [9.17, 15) is 0 Å². The van der Waals surface area contributed by atoms with Gasteiger partial charge in [0.25, 0.3) is 0 Å². The summed E-state index contributed by atoms with van der Waals surface area (Å²) < 4.78 is 0. The highest BCUT2D eigenvalue weighted by molar-refractivity contribution is 5.26. The summed E-state index contributed by atoms with van der Waals surface area (Å²) in [6, 6.07) is 13.0. The zero-order valence-electron chi connectivity index (χ0n) is 13.5. The van der Waals surface area contributed by atoms with Gasteiger partial charge in [-0.25, -0.2) is 0 Å². The number of pyridine rings is 1. The van der Waals surface area contributed by atoms with Crippen molar-refractivity contribution in [3.8, 4) is 0 Å². The van der Waals surface area contributed by atoms with Crippen molar-refractivity contribution in [3.63, 3.8) is 0 Å². The molecule has 0 N–H and O–H groups in total. The first-order valence-electron chi connectivity index (χ1n) is 8.17. The van der Waals surface area contributed by atoms with Crippen molar-refractivity contribution in [1.82, 2.24) is 4.98 Å². The molecule has 0 aliphatic heterocycles. The summed E-state index contributed by atoms with van der Waals surface area (Å²) in [5.41, 5.74) is 4.34. The smallest absolute Gasteiger partial charge is 0.0302 e. The largest absolute Gasteiger partial charge is 0.264 e. The van der Waals surface area contributed by atoms with Crippen molar-refractivity contribution in [2.45, 2.75) is 52.4 Å². The minimum atomic E-state index is 0.619. The summed E-state index contributed by atoms with van der Waals surface area (Å²) in [7, 11) is 0. The first kappa shape index (κ1) is 15.8. The van der Waals surface area contributed by atoms with E-state index in [1.54, 1.807) is 0 Å². The summed E-state index contributed by atoms with van der Waals surface area (Å²) in [4.78, 5) is 4.25. The lowest BCUT2D eigenvalue weighted by molar-refractivity contribution is 0.452. The van der Waals surface area contributed by atoms with Gasteiger partial charge in [-0.1, -0.05) is 51.1 Å². The van der Waals surface area contributed by atoms with Gasteiger partial charge in [0.1, 0.15) is 0 Å². The zero-order chi connectivity index (χ0) is 15.1. The maximum absolute atomic E-state index is 4.25. The van der Waals surface area contributed by atoms with E-state index in [4.69, 9.17) is 0 Å². The minimum Gasteiger partial charge on any atom is -0.264 e. The maximum atomic E-state index is 4.25. The number of benzene rings is 1. The van der Waals surface area contributed by atoms with Gasteiger partial charge in [0.15, 0.2) is 0 Å². The fourth-order valence-corrected chi connectivity index (χ4v) is 3.12. The molecule has 2 aromatic rings. The van der Waals surface area contributed by atoms with Gasteiger partial charge in [-0.05, 0) is 60.3 Å². The third-order valence-electron chi connectivity index (χ3n) is 4.38. The molecule has 112 valence electrons. The van der Waals surface area contributed by atoms with Crippen LogP contribution in [-0.2, 0) is 12.8 Å². The number of nitrogens with zero attached hydrogens (tertiary/aromatic N) is 1. The average molecular weight is 281 g/mol. The van der Waals surface area contributed by atoms with Crippen LogP contribution in [-0.4, -0.2) is 4.98 Å². The molecule has 0 amide bonds. The molecule has 1 aromatic heterocycles. The standard InChI is InChI=1S/C20H27N/c1-4-19-15-21-13-12-20(19)17(3)14-16(2)10-11-18-8-6-5-7-9-18/h5-9,12-13,15-17H,4,10-11,14H2,1-3H3. The zero-order valence-corrected chi connectivity index (χ0v) is 13.5. The number of aryl methyl sites for hydroxylation is 2. The monoisotopic (exact) mass is 281 g/mol. The lowest BCUT2D eigenvalue weighted by atomic mass is 9.86. The van der Waals surface area contributed by atoms with Gasteiger partial charge >= 0.3 is 0 Å². The van der Waals surface area contributed by atoms with Crippen molar-refractivity contribution < 1.29 is 0 Å². The van der Waals surface area contributed by atoms with Gasteiger partial charge in [0.05, 0.1) is 0 Å². The van der Waals surface area contributed by atoms with Crippen molar-refractivity contribution in [2.75, 3.05) is 0 Å².